The summed E-state index contributed by atoms with van der Waals surface area (Å²) in [5, 5.41) is 2.66. The second kappa shape index (κ2) is 4.18. The Balaban J connectivity index is 2.47. The molecule has 0 aliphatic heterocycles. The molecule has 0 spiro atoms. The van der Waals surface area contributed by atoms with Gasteiger partial charge in [-0.05, 0) is 26.7 Å². The second-order valence-electron chi connectivity index (χ2n) is 4.53. The Bertz CT molecular complexity index is 270. The van der Waals surface area contributed by atoms with Gasteiger partial charge < -0.3 is 15.8 Å². The number of ether oxygens (including phenoxy) is 1. The lowest BCUT2D eigenvalue weighted by Crippen LogP contribution is -2.55. The number of hydrogen-bond donors (Lipinski definition) is 2. The van der Waals surface area contributed by atoms with E-state index in [4.69, 9.17) is 5.73 Å². The van der Waals surface area contributed by atoms with Gasteiger partial charge in [0.25, 0.3) is 0 Å². The maximum atomic E-state index is 11.6. The van der Waals surface area contributed by atoms with E-state index in [-0.39, 0.29) is 17.9 Å². The molecule has 1 saturated carbocycles. The van der Waals surface area contributed by atoms with Gasteiger partial charge in [0.15, 0.2) is 0 Å². The fraction of sp³-hybridized carbons (Fsp3) is 0.800. The number of rotatable bonds is 3. The Morgan fingerprint density at radius 1 is 1.40 bits per heavy atom. The molecule has 15 heavy (non-hydrogen) atoms. The number of carbonyl (C=O) groups excluding carboxylic acids is 2. The summed E-state index contributed by atoms with van der Waals surface area (Å²) < 4.78 is 4.59. The highest BCUT2D eigenvalue weighted by Gasteiger charge is 2.37. The topological polar surface area (TPSA) is 81.4 Å². The van der Waals surface area contributed by atoms with Gasteiger partial charge >= 0.3 is 5.97 Å². The van der Waals surface area contributed by atoms with Gasteiger partial charge in [-0.1, -0.05) is 0 Å². The minimum atomic E-state index is -0.967. The zero-order chi connectivity index (χ0) is 11.6. The van der Waals surface area contributed by atoms with Crippen molar-refractivity contribution in [1.82, 2.24) is 5.32 Å². The van der Waals surface area contributed by atoms with E-state index in [2.05, 4.69) is 10.1 Å². The number of methoxy groups -OCH3 is 1. The van der Waals surface area contributed by atoms with Crippen LogP contribution in [0.1, 0.15) is 26.7 Å². The smallest absolute Gasteiger partial charge is 0.330 e. The molecular formula is C10H18N2O3. The number of nitrogens with one attached hydrogen (secondary N) is 1. The maximum absolute atomic E-state index is 11.6. The highest BCUT2D eigenvalue weighted by Crippen LogP contribution is 2.26. The Kier molecular flexibility index (Phi) is 3.34. The monoisotopic (exact) mass is 214 g/mol. The molecule has 3 N–H and O–H groups in total. The van der Waals surface area contributed by atoms with Crippen LogP contribution in [-0.4, -0.2) is 30.6 Å². The van der Waals surface area contributed by atoms with Gasteiger partial charge in [0.1, 0.15) is 5.54 Å². The number of amides is 1. The fourth-order valence-corrected chi connectivity index (χ4v) is 1.59. The lowest BCUT2D eigenvalue weighted by Gasteiger charge is -2.34. The molecule has 1 aliphatic rings. The molecule has 0 radical (unpaired) electrons. The lowest BCUT2D eigenvalue weighted by molar-refractivity contribution is -0.150. The van der Waals surface area contributed by atoms with Gasteiger partial charge in [-0.25, -0.2) is 4.79 Å². The Hall–Kier alpha value is -1.10. The molecule has 1 fully saturated rings. The second-order valence-corrected chi connectivity index (χ2v) is 4.53. The van der Waals surface area contributed by atoms with E-state index in [0.29, 0.717) is 12.8 Å². The minimum absolute atomic E-state index is 0.0519. The number of esters is 1. The van der Waals surface area contributed by atoms with Crippen molar-refractivity contribution in [3.8, 4) is 0 Å². The van der Waals surface area contributed by atoms with E-state index in [1.54, 1.807) is 13.8 Å². The molecule has 0 saturated heterocycles. The molecule has 0 aromatic rings. The van der Waals surface area contributed by atoms with Crippen LogP contribution >= 0.6 is 0 Å². The van der Waals surface area contributed by atoms with Gasteiger partial charge in [0.05, 0.1) is 7.11 Å². The highest BCUT2D eigenvalue weighted by molar-refractivity contribution is 5.88. The standard InChI is InChI=1S/C10H18N2O3/c1-10(2,9(14)15-3)12-8(13)6-4-7(11)5-6/h6-7H,4-5,11H2,1-3H3,(H,12,13). The predicted molar refractivity (Wildman–Crippen MR) is 54.9 cm³/mol. The van der Waals surface area contributed by atoms with Crippen molar-refractivity contribution in [2.45, 2.75) is 38.3 Å². The van der Waals surface area contributed by atoms with Gasteiger partial charge in [0, 0.05) is 12.0 Å². The quantitative estimate of drug-likeness (QED) is 0.637. The van der Waals surface area contributed by atoms with E-state index in [1.807, 2.05) is 0 Å². The molecule has 0 aromatic carbocycles. The summed E-state index contributed by atoms with van der Waals surface area (Å²) in [4.78, 5) is 22.9. The summed E-state index contributed by atoms with van der Waals surface area (Å²) >= 11 is 0. The normalized spacial score (nSPS) is 25.3. The van der Waals surface area contributed by atoms with E-state index in [1.165, 1.54) is 7.11 Å². The molecule has 1 rings (SSSR count). The highest BCUT2D eigenvalue weighted by atomic mass is 16.5. The first-order valence-corrected chi connectivity index (χ1v) is 5.03. The maximum Gasteiger partial charge on any atom is 0.330 e. The van der Waals surface area contributed by atoms with Crippen LogP contribution in [0.15, 0.2) is 0 Å². The third kappa shape index (κ3) is 2.68. The van der Waals surface area contributed by atoms with Crippen molar-refractivity contribution in [1.29, 1.82) is 0 Å². The predicted octanol–water partition coefficient (Wildman–Crippen LogP) is -0.208. The minimum Gasteiger partial charge on any atom is -0.467 e. The van der Waals surface area contributed by atoms with E-state index >= 15 is 0 Å². The zero-order valence-corrected chi connectivity index (χ0v) is 9.37. The first-order chi connectivity index (χ1) is 6.86. The Labute approximate surface area is 89.3 Å². The molecule has 0 heterocycles. The van der Waals surface area contributed by atoms with E-state index in [9.17, 15) is 9.59 Å². The molecule has 0 bridgehead atoms. The first kappa shape index (κ1) is 12.0. The average Bonchev–Trinajstić information content (AvgIpc) is 2.10. The molecule has 5 heteroatoms. The third-order valence-corrected chi connectivity index (χ3v) is 2.68. The average molecular weight is 214 g/mol. The van der Waals surface area contributed by atoms with Crippen LogP contribution in [0.2, 0.25) is 0 Å². The number of carbonyl (C=O) groups is 2. The first-order valence-electron chi connectivity index (χ1n) is 5.03. The Morgan fingerprint density at radius 2 is 1.93 bits per heavy atom. The van der Waals surface area contributed by atoms with Gasteiger partial charge in [-0.15, -0.1) is 0 Å². The summed E-state index contributed by atoms with van der Waals surface area (Å²) in [5.41, 5.74) is 4.62. The summed E-state index contributed by atoms with van der Waals surface area (Å²) in [6, 6.07) is 0.127. The molecule has 0 aromatic heterocycles. The van der Waals surface area contributed by atoms with Crippen LogP contribution < -0.4 is 11.1 Å². The molecule has 1 amide bonds. The van der Waals surface area contributed by atoms with Gasteiger partial charge in [-0.2, -0.15) is 0 Å². The summed E-state index contributed by atoms with van der Waals surface area (Å²) in [7, 11) is 1.30. The molecule has 0 atom stereocenters. The lowest BCUT2D eigenvalue weighted by atomic mass is 9.80. The fourth-order valence-electron chi connectivity index (χ4n) is 1.59. The van der Waals surface area contributed by atoms with Crippen molar-refractivity contribution in [3.05, 3.63) is 0 Å². The molecule has 0 unspecified atom stereocenters. The van der Waals surface area contributed by atoms with Gasteiger partial charge in [-0.3, -0.25) is 4.79 Å². The largest absolute Gasteiger partial charge is 0.467 e. The van der Waals surface area contributed by atoms with Crippen LogP contribution in [0.4, 0.5) is 0 Å². The van der Waals surface area contributed by atoms with Crippen molar-refractivity contribution in [3.63, 3.8) is 0 Å². The number of nitrogens with two attached hydrogens (primary N) is 1. The molecule has 1 aliphatic carbocycles. The summed E-state index contributed by atoms with van der Waals surface area (Å²) in [5.74, 6) is -0.615. The van der Waals surface area contributed by atoms with Crippen LogP contribution in [0, 0.1) is 5.92 Å². The molecule has 5 nitrogen and oxygen atoms in total. The van der Waals surface area contributed by atoms with Crippen LogP contribution in [-0.2, 0) is 14.3 Å². The Morgan fingerprint density at radius 3 is 2.33 bits per heavy atom. The van der Waals surface area contributed by atoms with Crippen molar-refractivity contribution in [2.75, 3.05) is 7.11 Å². The SMILES string of the molecule is COC(=O)C(C)(C)NC(=O)C1CC(N)C1. The summed E-state index contributed by atoms with van der Waals surface area (Å²) in [6.07, 6.45) is 1.40. The summed E-state index contributed by atoms with van der Waals surface area (Å²) in [6.45, 7) is 3.24. The van der Waals surface area contributed by atoms with Crippen molar-refractivity contribution < 1.29 is 14.3 Å². The van der Waals surface area contributed by atoms with Crippen LogP contribution in [0.3, 0.4) is 0 Å². The molecule has 86 valence electrons. The van der Waals surface area contributed by atoms with E-state index < -0.39 is 11.5 Å². The van der Waals surface area contributed by atoms with E-state index in [0.717, 1.165) is 0 Å². The van der Waals surface area contributed by atoms with Crippen molar-refractivity contribution in [2.24, 2.45) is 11.7 Å². The number of hydrogen-bond acceptors (Lipinski definition) is 4. The third-order valence-electron chi connectivity index (χ3n) is 2.68. The van der Waals surface area contributed by atoms with Crippen molar-refractivity contribution >= 4 is 11.9 Å². The molecular weight excluding hydrogens is 196 g/mol. The van der Waals surface area contributed by atoms with Crippen LogP contribution in [0.5, 0.6) is 0 Å². The van der Waals surface area contributed by atoms with Gasteiger partial charge in [0.2, 0.25) is 5.91 Å². The van der Waals surface area contributed by atoms with Crippen LogP contribution in [0.25, 0.3) is 0 Å². The zero-order valence-electron chi connectivity index (χ0n) is 9.37.